The van der Waals surface area contributed by atoms with Gasteiger partial charge in [-0.1, -0.05) is 0 Å². The van der Waals surface area contributed by atoms with E-state index in [0.29, 0.717) is 19.4 Å². The molecule has 0 radical (unpaired) electrons. The van der Waals surface area contributed by atoms with Gasteiger partial charge < -0.3 is 10.0 Å². The Balaban J connectivity index is 2.13. The number of hydrogen-bond donors (Lipinski definition) is 1. The number of likely N-dealkylation sites (tertiary alicyclic amines) is 1. The van der Waals surface area contributed by atoms with Crippen LogP contribution in [0.25, 0.3) is 0 Å². The number of hydrogen-bond acceptors (Lipinski definition) is 2. The van der Waals surface area contributed by atoms with Crippen LogP contribution in [0, 0.1) is 17.6 Å². The van der Waals surface area contributed by atoms with Crippen molar-refractivity contribution in [1.29, 1.82) is 0 Å². The van der Waals surface area contributed by atoms with Crippen LogP contribution in [0.2, 0.25) is 0 Å². The van der Waals surface area contributed by atoms with Crippen molar-refractivity contribution in [2.45, 2.75) is 25.8 Å². The SMILES string of the molecule is CC1CC(C(=O)O)CCN1C(=O)c1ccc(F)c(F)c1. The number of amides is 1. The zero-order valence-electron chi connectivity index (χ0n) is 11.0. The first-order valence-corrected chi connectivity index (χ1v) is 6.39. The zero-order valence-corrected chi connectivity index (χ0v) is 11.0. The topological polar surface area (TPSA) is 57.6 Å². The lowest BCUT2D eigenvalue weighted by molar-refractivity contribution is -0.143. The summed E-state index contributed by atoms with van der Waals surface area (Å²) >= 11 is 0. The summed E-state index contributed by atoms with van der Waals surface area (Å²) in [5.74, 6) is -3.79. The van der Waals surface area contributed by atoms with Crippen LogP contribution in [0.5, 0.6) is 0 Å². The van der Waals surface area contributed by atoms with E-state index < -0.39 is 29.4 Å². The molecule has 0 saturated carbocycles. The molecule has 1 saturated heterocycles. The minimum atomic E-state index is -1.07. The maximum Gasteiger partial charge on any atom is 0.306 e. The van der Waals surface area contributed by atoms with Gasteiger partial charge in [0.05, 0.1) is 5.92 Å². The van der Waals surface area contributed by atoms with Crippen LogP contribution in [0.15, 0.2) is 18.2 Å². The van der Waals surface area contributed by atoms with E-state index in [1.54, 1.807) is 6.92 Å². The Kier molecular flexibility index (Phi) is 4.01. The van der Waals surface area contributed by atoms with Crippen molar-refractivity contribution in [1.82, 2.24) is 4.90 Å². The average molecular weight is 283 g/mol. The van der Waals surface area contributed by atoms with Crippen molar-refractivity contribution in [3.8, 4) is 0 Å². The molecule has 2 rings (SSSR count). The van der Waals surface area contributed by atoms with Gasteiger partial charge in [-0.2, -0.15) is 0 Å². The van der Waals surface area contributed by atoms with Crippen LogP contribution < -0.4 is 0 Å². The lowest BCUT2D eigenvalue weighted by Crippen LogP contribution is -2.46. The fourth-order valence-electron chi connectivity index (χ4n) is 2.49. The first kappa shape index (κ1) is 14.4. The van der Waals surface area contributed by atoms with E-state index in [1.165, 1.54) is 11.0 Å². The molecule has 2 atom stereocenters. The van der Waals surface area contributed by atoms with Gasteiger partial charge in [0.2, 0.25) is 0 Å². The Morgan fingerprint density at radius 2 is 2.00 bits per heavy atom. The average Bonchev–Trinajstić information content (AvgIpc) is 2.41. The van der Waals surface area contributed by atoms with Crippen LogP contribution in [-0.2, 0) is 4.79 Å². The summed E-state index contributed by atoms with van der Waals surface area (Å²) in [4.78, 5) is 24.7. The van der Waals surface area contributed by atoms with Crippen molar-refractivity contribution in [3.63, 3.8) is 0 Å². The molecule has 1 heterocycles. The number of carboxylic acids is 1. The predicted molar refractivity (Wildman–Crippen MR) is 67.2 cm³/mol. The largest absolute Gasteiger partial charge is 0.481 e. The molecule has 20 heavy (non-hydrogen) atoms. The first-order valence-electron chi connectivity index (χ1n) is 6.39. The van der Waals surface area contributed by atoms with Gasteiger partial charge in [0, 0.05) is 18.2 Å². The van der Waals surface area contributed by atoms with E-state index in [1.807, 2.05) is 0 Å². The van der Waals surface area contributed by atoms with Crippen LogP contribution in [0.3, 0.4) is 0 Å². The van der Waals surface area contributed by atoms with Crippen LogP contribution in [0.1, 0.15) is 30.1 Å². The van der Waals surface area contributed by atoms with Gasteiger partial charge in [-0.3, -0.25) is 9.59 Å². The summed E-state index contributed by atoms with van der Waals surface area (Å²) in [6.45, 7) is 2.06. The highest BCUT2D eigenvalue weighted by Gasteiger charge is 2.32. The summed E-state index contributed by atoms with van der Waals surface area (Å²) in [5, 5.41) is 8.97. The van der Waals surface area contributed by atoms with E-state index in [2.05, 4.69) is 0 Å². The molecule has 1 N–H and O–H groups in total. The third-order valence-electron chi connectivity index (χ3n) is 3.65. The van der Waals surface area contributed by atoms with Gasteiger partial charge >= 0.3 is 5.97 Å². The molecule has 4 nitrogen and oxygen atoms in total. The quantitative estimate of drug-likeness (QED) is 0.906. The van der Waals surface area contributed by atoms with Crippen molar-refractivity contribution < 1.29 is 23.5 Å². The van der Waals surface area contributed by atoms with Crippen molar-refractivity contribution in [2.24, 2.45) is 5.92 Å². The number of piperidine rings is 1. The highest BCUT2D eigenvalue weighted by molar-refractivity contribution is 5.94. The van der Waals surface area contributed by atoms with Crippen LogP contribution in [0.4, 0.5) is 8.78 Å². The molecule has 1 aliphatic rings. The first-order chi connectivity index (χ1) is 9.40. The Labute approximate surface area is 115 Å². The fraction of sp³-hybridized carbons (Fsp3) is 0.429. The predicted octanol–water partition coefficient (Wildman–Crippen LogP) is 2.29. The van der Waals surface area contributed by atoms with Gasteiger partial charge in [0.15, 0.2) is 11.6 Å². The third-order valence-corrected chi connectivity index (χ3v) is 3.65. The second-order valence-electron chi connectivity index (χ2n) is 5.04. The molecular weight excluding hydrogens is 268 g/mol. The highest BCUT2D eigenvalue weighted by atomic mass is 19.2. The molecule has 6 heteroatoms. The molecule has 1 amide bonds. The van der Waals surface area contributed by atoms with Gasteiger partial charge in [-0.15, -0.1) is 0 Å². The fourth-order valence-corrected chi connectivity index (χ4v) is 2.49. The molecule has 0 bridgehead atoms. The molecule has 0 aromatic heterocycles. The van der Waals surface area contributed by atoms with Gasteiger partial charge in [-0.25, -0.2) is 8.78 Å². The second-order valence-corrected chi connectivity index (χ2v) is 5.04. The summed E-state index contributed by atoms with van der Waals surface area (Å²) in [7, 11) is 0. The number of aliphatic carboxylic acids is 1. The summed E-state index contributed by atoms with van der Waals surface area (Å²) < 4.78 is 26.0. The Hall–Kier alpha value is -1.98. The van der Waals surface area contributed by atoms with Crippen LogP contribution in [-0.4, -0.2) is 34.5 Å². The smallest absolute Gasteiger partial charge is 0.306 e. The lowest BCUT2D eigenvalue weighted by atomic mass is 9.91. The van der Waals surface area contributed by atoms with E-state index in [-0.39, 0.29) is 11.6 Å². The molecule has 108 valence electrons. The van der Waals surface area contributed by atoms with Crippen LogP contribution >= 0.6 is 0 Å². The lowest BCUT2D eigenvalue weighted by Gasteiger charge is -2.36. The number of rotatable bonds is 2. The van der Waals surface area contributed by atoms with Crippen molar-refractivity contribution in [2.75, 3.05) is 6.54 Å². The molecule has 0 spiro atoms. The number of nitrogens with zero attached hydrogens (tertiary/aromatic N) is 1. The van der Waals surface area contributed by atoms with E-state index in [0.717, 1.165) is 12.1 Å². The third kappa shape index (κ3) is 2.79. The van der Waals surface area contributed by atoms with Crippen molar-refractivity contribution in [3.05, 3.63) is 35.4 Å². The Morgan fingerprint density at radius 1 is 1.30 bits per heavy atom. The van der Waals surface area contributed by atoms with E-state index >= 15 is 0 Å². The number of benzene rings is 1. The molecule has 1 aromatic rings. The van der Waals surface area contributed by atoms with E-state index in [4.69, 9.17) is 5.11 Å². The Morgan fingerprint density at radius 3 is 2.55 bits per heavy atom. The van der Waals surface area contributed by atoms with Crippen molar-refractivity contribution >= 4 is 11.9 Å². The maximum absolute atomic E-state index is 13.1. The molecule has 1 fully saturated rings. The number of halogens is 2. The monoisotopic (exact) mass is 283 g/mol. The molecule has 1 aliphatic heterocycles. The summed E-state index contributed by atoms with van der Waals surface area (Å²) in [5.41, 5.74) is 0.0736. The molecule has 2 unspecified atom stereocenters. The number of carbonyl (C=O) groups excluding carboxylic acids is 1. The minimum absolute atomic E-state index is 0.0736. The number of carboxylic acid groups (broad SMARTS) is 1. The maximum atomic E-state index is 13.1. The molecule has 1 aromatic carbocycles. The van der Waals surface area contributed by atoms with E-state index in [9.17, 15) is 18.4 Å². The molecular formula is C14H15F2NO3. The molecule has 0 aliphatic carbocycles. The van der Waals surface area contributed by atoms with Gasteiger partial charge in [0.1, 0.15) is 0 Å². The van der Waals surface area contributed by atoms with Gasteiger partial charge in [0.25, 0.3) is 5.91 Å². The number of carbonyl (C=O) groups is 2. The summed E-state index contributed by atoms with van der Waals surface area (Å²) in [6.07, 6.45) is 0.736. The second kappa shape index (κ2) is 5.56. The zero-order chi connectivity index (χ0) is 14.9. The highest BCUT2D eigenvalue weighted by Crippen LogP contribution is 2.25. The Bertz CT molecular complexity index is 547. The standard InChI is InChI=1S/C14H15F2NO3/c1-8-6-10(14(19)20)4-5-17(8)13(18)9-2-3-11(15)12(16)7-9/h2-3,7-8,10H,4-6H2,1H3,(H,19,20). The minimum Gasteiger partial charge on any atom is -0.481 e. The summed E-state index contributed by atoms with van der Waals surface area (Å²) in [6, 6.07) is 2.77. The van der Waals surface area contributed by atoms with Gasteiger partial charge in [-0.05, 0) is 38.0 Å². The normalized spacial score (nSPS) is 22.6.